The molecule has 0 fully saturated rings. The predicted molar refractivity (Wildman–Crippen MR) is 78.8 cm³/mol. The van der Waals surface area contributed by atoms with Gasteiger partial charge in [0.1, 0.15) is 6.04 Å². The third kappa shape index (κ3) is 4.41. The van der Waals surface area contributed by atoms with Crippen LogP contribution in [0.5, 0.6) is 11.5 Å². The molecule has 1 aromatic carbocycles. The van der Waals surface area contributed by atoms with E-state index in [2.05, 4.69) is 30.1 Å². The number of aromatic hydroxyl groups is 1. The van der Waals surface area contributed by atoms with Gasteiger partial charge in [-0.2, -0.15) is 5.26 Å². The highest BCUT2D eigenvalue weighted by molar-refractivity contribution is 5.43. The van der Waals surface area contributed by atoms with E-state index >= 15 is 0 Å². The summed E-state index contributed by atoms with van der Waals surface area (Å²) in [6, 6.07) is 6.80. The average Bonchev–Trinajstić information content (AvgIpc) is 2.48. The molecule has 1 atom stereocenters. The monoisotopic (exact) mass is 277 g/mol. The number of nitrogens with one attached hydrogen (secondary N) is 1. The van der Waals surface area contributed by atoms with Crippen LogP contribution >= 0.6 is 0 Å². The molecule has 1 unspecified atom stereocenters. The Bertz CT molecular complexity index is 453. The first kappa shape index (κ1) is 16.3. The number of rotatable bonds is 8. The van der Waals surface area contributed by atoms with Gasteiger partial charge in [-0.3, -0.25) is 5.32 Å². The quantitative estimate of drug-likeness (QED) is 0.759. The van der Waals surface area contributed by atoms with E-state index in [-0.39, 0.29) is 5.75 Å². The van der Waals surface area contributed by atoms with Crippen molar-refractivity contribution in [2.24, 2.45) is 0 Å². The maximum atomic E-state index is 9.57. The second kappa shape index (κ2) is 8.41. The van der Waals surface area contributed by atoms with Crippen molar-refractivity contribution in [3.05, 3.63) is 23.8 Å². The number of phenolic OH excluding ortho intramolecular Hbond substituents is 1. The summed E-state index contributed by atoms with van der Waals surface area (Å²) >= 11 is 0. The van der Waals surface area contributed by atoms with E-state index in [0.29, 0.717) is 5.75 Å². The van der Waals surface area contributed by atoms with Gasteiger partial charge in [0.15, 0.2) is 11.5 Å². The van der Waals surface area contributed by atoms with E-state index < -0.39 is 6.04 Å². The molecule has 0 saturated heterocycles. The SMILES string of the molecule is CCN(CC)CCNC(C#N)c1ccc(O)c(OC)c1. The highest BCUT2D eigenvalue weighted by atomic mass is 16.5. The number of likely N-dealkylation sites (N-methyl/N-ethyl adjacent to an activating group) is 1. The predicted octanol–water partition coefficient (Wildman–Crippen LogP) is 1.90. The zero-order valence-electron chi connectivity index (χ0n) is 12.4. The van der Waals surface area contributed by atoms with E-state index in [9.17, 15) is 10.4 Å². The molecule has 1 rings (SSSR count). The Hall–Kier alpha value is -1.77. The minimum Gasteiger partial charge on any atom is -0.504 e. The summed E-state index contributed by atoms with van der Waals surface area (Å²) in [5.74, 6) is 0.462. The molecule has 0 aliphatic rings. The van der Waals surface area contributed by atoms with Gasteiger partial charge in [0.2, 0.25) is 0 Å². The molecule has 5 nitrogen and oxygen atoms in total. The third-order valence-electron chi connectivity index (χ3n) is 3.34. The average molecular weight is 277 g/mol. The van der Waals surface area contributed by atoms with Gasteiger partial charge in [0, 0.05) is 13.1 Å². The third-order valence-corrected chi connectivity index (χ3v) is 3.34. The highest BCUT2D eigenvalue weighted by Gasteiger charge is 2.12. The van der Waals surface area contributed by atoms with Gasteiger partial charge in [-0.05, 0) is 30.8 Å². The summed E-state index contributed by atoms with van der Waals surface area (Å²) < 4.78 is 5.06. The highest BCUT2D eigenvalue weighted by Crippen LogP contribution is 2.28. The molecular formula is C15H23N3O2. The van der Waals surface area contributed by atoms with Crippen LogP contribution in [0, 0.1) is 11.3 Å². The second-order valence-electron chi connectivity index (χ2n) is 4.47. The molecule has 0 aliphatic heterocycles. The fourth-order valence-corrected chi connectivity index (χ4v) is 2.02. The lowest BCUT2D eigenvalue weighted by Gasteiger charge is -2.20. The molecule has 1 aromatic rings. The number of hydrogen-bond acceptors (Lipinski definition) is 5. The van der Waals surface area contributed by atoms with Crippen molar-refractivity contribution in [2.45, 2.75) is 19.9 Å². The molecule has 0 bridgehead atoms. The Balaban J connectivity index is 2.65. The lowest BCUT2D eigenvalue weighted by molar-refractivity contribution is 0.300. The normalized spacial score (nSPS) is 12.2. The molecule has 0 saturated carbocycles. The summed E-state index contributed by atoms with van der Waals surface area (Å²) in [5.41, 5.74) is 0.793. The zero-order chi connectivity index (χ0) is 15.0. The molecule has 0 spiro atoms. The van der Waals surface area contributed by atoms with Crippen LogP contribution in [0.4, 0.5) is 0 Å². The van der Waals surface area contributed by atoms with Crippen LogP contribution in [0.25, 0.3) is 0 Å². The molecule has 20 heavy (non-hydrogen) atoms. The van der Waals surface area contributed by atoms with Crippen molar-refractivity contribution in [1.82, 2.24) is 10.2 Å². The number of nitrogens with zero attached hydrogens (tertiary/aromatic N) is 2. The Morgan fingerprint density at radius 2 is 2.10 bits per heavy atom. The maximum absolute atomic E-state index is 9.57. The topological polar surface area (TPSA) is 68.5 Å². The van der Waals surface area contributed by atoms with E-state index in [1.54, 1.807) is 18.2 Å². The minimum absolute atomic E-state index is 0.0797. The fourth-order valence-electron chi connectivity index (χ4n) is 2.02. The molecule has 0 amide bonds. The number of nitriles is 1. The Labute approximate surface area is 120 Å². The second-order valence-corrected chi connectivity index (χ2v) is 4.47. The molecule has 0 aromatic heterocycles. The smallest absolute Gasteiger partial charge is 0.160 e. The first-order valence-electron chi connectivity index (χ1n) is 6.88. The van der Waals surface area contributed by atoms with Crippen molar-refractivity contribution < 1.29 is 9.84 Å². The summed E-state index contributed by atoms with van der Waals surface area (Å²) in [6.45, 7) is 7.89. The zero-order valence-corrected chi connectivity index (χ0v) is 12.4. The van der Waals surface area contributed by atoms with Crippen LogP contribution in [0.15, 0.2) is 18.2 Å². The summed E-state index contributed by atoms with van der Waals surface area (Å²) in [4.78, 5) is 2.29. The van der Waals surface area contributed by atoms with E-state index in [4.69, 9.17) is 4.74 Å². The van der Waals surface area contributed by atoms with Gasteiger partial charge in [-0.1, -0.05) is 19.9 Å². The Morgan fingerprint density at radius 3 is 2.65 bits per heavy atom. The van der Waals surface area contributed by atoms with Crippen LogP contribution < -0.4 is 10.1 Å². The van der Waals surface area contributed by atoms with E-state index in [0.717, 1.165) is 31.7 Å². The molecule has 110 valence electrons. The van der Waals surface area contributed by atoms with Gasteiger partial charge in [-0.15, -0.1) is 0 Å². The van der Waals surface area contributed by atoms with Crippen molar-refractivity contribution in [1.29, 1.82) is 5.26 Å². The van der Waals surface area contributed by atoms with E-state index in [1.807, 2.05) is 0 Å². The fraction of sp³-hybridized carbons (Fsp3) is 0.533. The standard InChI is InChI=1S/C15H23N3O2/c1-4-18(5-2)9-8-17-13(11-16)12-6-7-14(19)15(10-12)20-3/h6-7,10,13,17,19H,4-5,8-9H2,1-3H3. The van der Waals surface area contributed by atoms with Gasteiger partial charge in [0.25, 0.3) is 0 Å². The van der Waals surface area contributed by atoms with Crippen molar-refractivity contribution in [3.63, 3.8) is 0 Å². The summed E-state index contributed by atoms with van der Waals surface area (Å²) in [5, 5.41) is 22.0. The maximum Gasteiger partial charge on any atom is 0.160 e. The summed E-state index contributed by atoms with van der Waals surface area (Å²) in [7, 11) is 1.49. The minimum atomic E-state index is -0.403. The number of methoxy groups -OCH3 is 1. The Kier molecular flexibility index (Phi) is 6.85. The van der Waals surface area contributed by atoms with Crippen molar-refractivity contribution >= 4 is 0 Å². The molecule has 0 heterocycles. The first-order valence-corrected chi connectivity index (χ1v) is 6.88. The van der Waals surface area contributed by atoms with Gasteiger partial charge in [-0.25, -0.2) is 0 Å². The number of phenols is 1. The van der Waals surface area contributed by atoms with Crippen LogP contribution in [-0.4, -0.2) is 43.3 Å². The molecule has 0 aliphatic carbocycles. The van der Waals surface area contributed by atoms with Crippen molar-refractivity contribution in [2.75, 3.05) is 33.3 Å². The van der Waals surface area contributed by atoms with Crippen LogP contribution in [-0.2, 0) is 0 Å². The summed E-state index contributed by atoms with van der Waals surface area (Å²) in [6.07, 6.45) is 0. The van der Waals surface area contributed by atoms with Gasteiger partial charge < -0.3 is 14.7 Å². The first-order chi connectivity index (χ1) is 9.65. The number of benzene rings is 1. The molecule has 2 N–H and O–H groups in total. The molecule has 0 radical (unpaired) electrons. The molecular weight excluding hydrogens is 254 g/mol. The van der Waals surface area contributed by atoms with Crippen LogP contribution in [0.1, 0.15) is 25.5 Å². The van der Waals surface area contributed by atoms with Gasteiger partial charge in [0.05, 0.1) is 13.2 Å². The van der Waals surface area contributed by atoms with E-state index in [1.165, 1.54) is 7.11 Å². The number of hydrogen-bond donors (Lipinski definition) is 2. The lowest BCUT2D eigenvalue weighted by atomic mass is 10.1. The van der Waals surface area contributed by atoms with Crippen LogP contribution in [0.2, 0.25) is 0 Å². The molecule has 5 heteroatoms. The number of ether oxygens (including phenoxy) is 1. The Morgan fingerprint density at radius 1 is 1.40 bits per heavy atom. The van der Waals surface area contributed by atoms with Crippen molar-refractivity contribution in [3.8, 4) is 17.6 Å². The largest absolute Gasteiger partial charge is 0.504 e. The lowest BCUT2D eigenvalue weighted by Crippen LogP contribution is -2.33. The van der Waals surface area contributed by atoms with Crippen LogP contribution in [0.3, 0.4) is 0 Å². The van der Waals surface area contributed by atoms with Gasteiger partial charge >= 0.3 is 0 Å².